The summed E-state index contributed by atoms with van der Waals surface area (Å²) in [6.07, 6.45) is 2.42. The van der Waals surface area contributed by atoms with E-state index in [1.54, 1.807) is 23.8 Å². The number of aromatic nitrogens is 2. The summed E-state index contributed by atoms with van der Waals surface area (Å²) in [6, 6.07) is 15.1. The lowest BCUT2D eigenvalue weighted by Crippen LogP contribution is -2.31. The summed E-state index contributed by atoms with van der Waals surface area (Å²) in [6.45, 7) is 3.85. The number of aryl methyl sites for hydroxylation is 1. The van der Waals surface area contributed by atoms with E-state index in [1.165, 1.54) is 4.57 Å². The van der Waals surface area contributed by atoms with Crippen LogP contribution >= 0.6 is 11.3 Å². The molecule has 1 aromatic carbocycles. The van der Waals surface area contributed by atoms with Crippen LogP contribution in [0.5, 0.6) is 0 Å². The number of hydrogen-bond donors (Lipinski definition) is 0. The molecule has 3 rings (SSSR count). The highest BCUT2D eigenvalue weighted by molar-refractivity contribution is 7.07. The van der Waals surface area contributed by atoms with Gasteiger partial charge < -0.3 is 4.57 Å². The molecule has 6 nitrogen and oxygen atoms in total. The van der Waals surface area contributed by atoms with Gasteiger partial charge in [0.05, 0.1) is 10.2 Å². The third-order valence-electron chi connectivity index (χ3n) is 4.85. The van der Waals surface area contributed by atoms with Gasteiger partial charge in [0.2, 0.25) is 0 Å². The Balaban J connectivity index is 2.45. The fraction of sp³-hybridized carbons (Fsp3) is 0.182. The Morgan fingerprint density at radius 1 is 1.21 bits per heavy atom. The third kappa shape index (κ3) is 3.38. The van der Waals surface area contributed by atoms with Gasteiger partial charge in [0.25, 0.3) is 5.56 Å². The minimum atomic E-state index is -0.296. The van der Waals surface area contributed by atoms with E-state index in [1.807, 2.05) is 50.3 Å². The number of nitrogens with zero attached hydrogens (tertiary/aromatic N) is 5. The zero-order chi connectivity index (χ0) is 21.1. The molecule has 3 aromatic rings. The van der Waals surface area contributed by atoms with E-state index in [-0.39, 0.29) is 11.1 Å². The van der Waals surface area contributed by atoms with Gasteiger partial charge >= 0.3 is 0 Å². The van der Waals surface area contributed by atoms with Gasteiger partial charge in [0, 0.05) is 12.7 Å². The van der Waals surface area contributed by atoms with Gasteiger partial charge in [-0.1, -0.05) is 25.1 Å². The molecule has 0 amide bonds. The van der Waals surface area contributed by atoms with Crippen LogP contribution in [0.15, 0.2) is 35.1 Å². The summed E-state index contributed by atoms with van der Waals surface area (Å²) in [7, 11) is 1.79. The Morgan fingerprint density at radius 3 is 2.48 bits per heavy atom. The topological polar surface area (TPSA) is 98.3 Å². The summed E-state index contributed by atoms with van der Waals surface area (Å²) in [4.78, 5) is 13.3. The first-order valence-electron chi connectivity index (χ1n) is 8.89. The van der Waals surface area contributed by atoms with E-state index in [2.05, 4.69) is 6.07 Å². The van der Waals surface area contributed by atoms with Crippen molar-refractivity contribution in [2.75, 3.05) is 0 Å². The van der Waals surface area contributed by atoms with Crippen LogP contribution in [0.3, 0.4) is 0 Å². The number of thiazole rings is 1. The molecule has 0 saturated heterocycles. The van der Waals surface area contributed by atoms with E-state index in [4.69, 9.17) is 0 Å². The van der Waals surface area contributed by atoms with Crippen molar-refractivity contribution in [2.45, 2.75) is 20.3 Å². The molecule has 0 aliphatic rings. The van der Waals surface area contributed by atoms with E-state index < -0.39 is 0 Å². The van der Waals surface area contributed by atoms with Crippen LogP contribution in [0, 0.1) is 40.9 Å². The fourth-order valence-electron chi connectivity index (χ4n) is 3.13. The quantitative estimate of drug-likeness (QED) is 0.673. The predicted molar refractivity (Wildman–Crippen MR) is 112 cm³/mol. The SMILES string of the molecule is CCc1ccccc1-n1c(=C(C#N)C#N)s/c(=C/c2cc(C#N)n(C)c2C)c1=O. The van der Waals surface area contributed by atoms with Crippen molar-refractivity contribution in [1.29, 1.82) is 15.8 Å². The van der Waals surface area contributed by atoms with Crippen molar-refractivity contribution >= 4 is 23.0 Å². The molecule has 7 heteroatoms. The normalized spacial score (nSPS) is 11.0. The van der Waals surface area contributed by atoms with Crippen molar-refractivity contribution in [3.8, 4) is 23.9 Å². The monoisotopic (exact) mass is 399 g/mol. The van der Waals surface area contributed by atoms with Crippen LogP contribution in [0.25, 0.3) is 17.3 Å². The van der Waals surface area contributed by atoms with Crippen LogP contribution in [0.4, 0.5) is 0 Å². The number of rotatable bonds is 3. The molecule has 2 heterocycles. The van der Waals surface area contributed by atoms with Gasteiger partial charge in [-0.2, -0.15) is 15.8 Å². The molecule has 0 N–H and O–H groups in total. The summed E-state index contributed by atoms with van der Waals surface area (Å²) < 4.78 is 3.90. The molecule has 2 aromatic heterocycles. The second-order valence-corrected chi connectivity index (χ2v) is 7.41. The molecule has 0 saturated carbocycles. The average Bonchev–Trinajstić information content (AvgIpc) is 3.20. The zero-order valence-corrected chi connectivity index (χ0v) is 17.0. The van der Waals surface area contributed by atoms with Crippen molar-refractivity contribution in [3.63, 3.8) is 0 Å². The minimum Gasteiger partial charge on any atom is -0.339 e. The molecule has 0 aliphatic heterocycles. The summed E-state index contributed by atoms with van der Waals surface area (Å²) in [5.74, 6) is 0. The van der Waals surface area contributed by atoms with Gasteiger partial charge in [0.1, 0.15) is 28.6 Å². The van der Waals surface area contributed by atoms with Crippen molar-refractivity contribution in [1.82, 2.24) is 9.13 Å². The Labute approximate surface area is 171 Å². The lowest BCUT2D eigenvalue weighted by Gasteiger charge is -2.08. The van der Waals surface area contributed by atoms with Crippen molar-refractivity contribution in [2.24, 2.45) is 7.05 Å². The number of para-hydroxylation sites is 1. The number of nitriles is 3. The van der Waals surface area contributed by atoms with Crippen LogP contribution < -0.4 is 14.8 Å². The molecular weight excluding hydrogens is 382 g/mol. The lowest BCUT2D eigenvalue weighted by atomic mass is 10.1. The van der Waals surface area contributed by atoms with Crippen molar-refractivity contribution < 1.29 is 0 Å². The van der Waals surface area contributed by atoms with Crippen LogP contribution in [-0.2, 0) is 13.5 Å². The number of hydrogen-bond acceptors (Lipinski definition) is 5. The first-order chi connectivity index (χ1) is 14.0. The molecule has 0 aliphatic carbocycles. The molecule has 0 fully saturated rings. The van der Waals surface area contributed by atoms with E-state index >= 15 is 0 Å². The molecule has 0 atom stereocenters. The zero-order valence-electron chi connectivity index (χ0n) is 16.2. The Kier molecular flexibility index (Phi) is 5.50. The Morgan fingerprint density at radius 2 is 1.90 bits per heavy atom. The highest BCUT2D eigenvalue weighted by Crippen LogP contribution is 2.15. The molecule has 0 bridgehead atoms. The van der Waals surface area contributed by atoms with Gasteiger partial charge in [-0.15, -0.1) is 11.3 Å². The Hall–Kier alpha value is -3.86. The highest BCUT2D eigenvalue weighted by Gasteiger charge is 2.14. The van der Waals surface area contributed by atoms with E-state index in [0.717, 1.165) is 28.2 Å². The van der Waals surface area contributed by atoms with Gasteiger partial charge in [-0.3, -0.25) is 9.36 Å². The van der Waals surface area contributed by atoms with Crippen LogP contribution in [0.1, 0.15) is 29.4 Å². The minimum absolute atomic E-state index is 0.111. The predicted octanol–water partition coefficient (Wildman–Crippen LogP) is 2.01. The van der Waals surface area contributed by atoms with Gasteiger partial charge in [-0.25, -0.2) is 0 Å². The third-order valence-corrected chi connectivity index (χ3v) is 5.94. The largest absolute Gasteiger partial charge is 0.339 e. The maximum Gasteiger partial charge on any atom is 0.273 e. The number of benzene rings is 1. The smallest absolute Gasteiger partial charge is 0.273 e. The summed E-state index contributed by atoms with van der Waals surface area (Å²) in [5.41, 5.74) is 3.29. The molecule has 0 radical (unpaired) electrons. The Bertz CT molecular complexity index is 1400. The molecule has 142 valence electrons. The maximum atomic E-state index is 13.3. The molecular formula is C22H17N5OS. The summed E-state index contributed by atoms with van der Waals surface area (Å²) >= 11 is 1.10. The average molecular weight is 399 g/mol. The second-order valence-electron chi connectivity index (χ2n) is 6.38. The molecule has 0 spiro atoms. The molecule has 0 unspecified atom stereocenters. The molecule has 29 heavy (non-hydrogen) atoms. The maximum absolute atomic E-state index is 13.3. The first-order valence-corrected chi connectivity index (χ1v) is 9.71. The van der Waals surface area contributed by atoms with E-state index in [9.17, 15) is 20.6 Å². The fourth-order valence-corrected chi connectivity index (χ4v) is 4.17. The van der Waals surface area contributed by atoms with Crippen LogP contribution in [-0.4, -0.2) is 9.13 Å². The van der Waals surface area contributed by atoms with Crippen LogP contribution in [0.2, 0.25) is 0 Å². The van der Waals surface area contributed by atoms with Gasteiger partial charge in [0.15, 0.2) is 5.57 Å². The first kappa shape index (κ1) is 19.9. The van der Waals surface area contributed by atoms with Gasteiger partial charge in [-0.05, 0) is 42.7 Å². The second kappa shape index (κ2) is 8.02. The highest BCUT2D eigenvalue weighted by atomic mass is 32.1. The van der Waals surface area contributed by atoms with Crippen molar-refractivity contribution in [3.05, 3.63) is 72.4 Å². The van der Waals surface area contributed by atoms with E-state index in [0.29, 0.717) is 27.0 Å². The standard InChI is InChI=1S/C22H17N5OS/c1-4-15-7-5-6-8-19(15)27-21(28)20(29-22(27)17(11-23)12-24)10-16-9-18(13-25)26(3)14(16)2/h5-10H,4H2,1-3H3/b20-10+. The summed E-state index contributed by atoms with van der Waals surface area (Å²) in [5, 5.41) is 28.1. The lowest BCUT2D eigenvalue weighted by molar-refractivity contribution is 0.865.